The summed E-state index contributed by atoms with van der Waals surface area (Å²) in [6.45, 7) is 15.9. The third-order valence-electron chi connectivity index (χ3n) is 11.6. The topological polar surface area (TPSA) is 130 Å². The molecule has 3 unspecified atom stereocenters. The molecule has 9 nitrogen and oxygen atoms in total. The van der Waals surface area contributed by atoms with Gasteiger partial charge in [0.2, 0.25) is 5.96 Å². The van der Waals surface area contributed by atoms with Crippen molar-refractivity contribution in [3.63, 3.8) is 0 Å². The Bertz CT molecular complexity index is 1310. The number of guanidine groups is 1. The molecular formula is C34H49N5O4S. The number of nitrogens with one attached hydrogen (secondary N) is 1. The molecule has 240 valence electrons. The highest BCUT2D eigenvalue weighted by molar-refractivity contribution is 8.00. The summed E-state index contributed by atoms with van der Waals surface area (Å²) in [7, 11) is 0. The van der Waals surface area contributed by atoms with E-state index < -0.39 is 23.0 Å². The van der Waals surface area contributed by atoms with E-state index in [1.807, 2.05) is 42.2 Å². The summed E-state index contributed by atoms with van der Waals surface area (Å²) in [5.74, 6) is 0.296. The number of ketones is 1. The maximum absolute atomic E-state index is 13.6. The minimum absolute atomic E-state index is 0.0595. The number of benzene rings is 1. The molecule has 3 saturated carbocycles. The Balaban J connectivity index is 1.34. The number of aliphatic hydroxyl groups is 1. The highest BCUT2D eigenvalue weighted by Crippen LogP contribution is 2.68. The third-order valence-corrected chi connectivity index (χ3v) is 12.7. The molecule has 0 amide bonds. The smallest absolute Gasteiger partial charge is 0.316 e. The molecule has 3 aliphatic carbocycles. The Morgan fingerprint density at radius 2 is 1.98 bits per heavy atom. The van der Waals surface area contributed by atoms with Gasteiger partial charge in [-0.3, -0.25) is 9.59 Å². The molecule has 1 aromatic rings. The van der Waals surface area contributed by atoms with Crippen LogP contribution in [0.25, 0.3) is 0 Å². The molecule has 4 fully saturated rings. The summed E-state index contributed by atoms with van der Waals surface area (Å²) in [6, 6.07) is 7.71. The Kier molecular flexibility index (Phi) is 9.64. The van der Waals surface area contributed by atoms with E-state index in [2.05, 4.69) is 42.9 Å². The van der Waals surface area contributed by atoms with E-state index in [1.54, 1.807) is 6.21 Å². The van der Waals surface area contributed by atoms with Crippen molar-refractivity contribution in [1.82, 2.24) is 10.2 Å². The van der Waals surface area contributed by atoms with Crippen LogP contribution in [0.15, 0.2) is 52.0 Å². The third kappa shape index (κ3) is 5.85. The van der Waals surface area contributed by atoms with Crippen molar-refractivity contribution in [2.45, 2.75) is 76.9 Å². The van der Waals surface area contributed by atoms with Crippen LogP contribution in [-0.4, -0.2) is 78.1 Å². The van der Waals surface area contributed by atoms with Crippen molar-refractivity contribution < 1.29 is 19.4 Å². The summed E-state index contributed by atoms with van der Waals surface area (Å²) in [5, 5.41) is 23.4. The number of thioether (sulfide) groups is 1. The van der Waals surface area contributed by atoms with Gasteiger partial charge in [0.15, 0.2) is 0 Å². The van der Waals surface area contributed by atoms with Gasteiger partial charge in [-0.15, -0.1) is 23.4 Å². The number of hydrogen-bond acceptors (Lipinski definition) is 8. The monoisotopic (exact) mass is 623 g/mol. The number of ether oxygens (including phenoxy) is 1. The van der Waals surface area contributed by atoms with Crippen LogP contribution in [0.4, 0.5) is 0 Å². The molecule has 0 radical (unpaired) electrons. The number of piperazine rings is 1. The van der Waals surface area contributed by atoms with Crippen molar-refractivity contribution in [3.8, 4) is 0 Å². The minimum Gasteiger partial charge on any atom is -0.461 e. The van der Waals surface area contributed by atoms with Crippen LogP contribution < -0.4 is 11.1 Å². The van der Waals surface area contributed by atoms with Gasteiger partial charge in [-0.2, -0.15) is 5.10 Å². The molecular weight excluding hydrogens is 574 g/mol. The zero-order valence-electron chi connectivity index (χ0n) is 26.6. The van der Waals surface area contributed by atoms with Crippen LogP contribution in [-0.2, 0) is 14.3 Å². The number of rotatable bonds is 7. The van der Waals surface area contributed by atoms with Crippen LogP contribution in [0.3, 0.4) is 0 Å². The lowest BCUT2D eigenvalue weighted by molar-refractivity contribution is -0.205. The van der Waals surface area contributed by atoms with E-state index >= 15 is 0 Å². The molecule has 8 atom stereocenters. The molecule has 1 saturated heterocycles. The fraction of sp³-hybridized carbons (Fsp3) is 0.647. The van der Waals surface area contributed by atoms with Crippen LogP contribution in [0.5, 0.6) is 0 Å². The first-order valence-electron chi connectivity index (χ1n) is 16.0. The number of esters is 1. The van der Waals surface area contributed by atoms with Gasteiger partial charge in [0.25, 0.3) is 0 Å². The second-order valence-electron chi connectivity index (χ2n) is 13.8. The number of aliphatic hydroxyl groups excluding tert-OH is 1. The molecule has 4 N–H and O–H groups in total. The largest absolute Gasteiger partial charge is 0.461 e. The average Bonchev–Trinajstić information content (AvgIpc) is 3.39. The second-order valence-corrected chi connectivity index (χ2v) is 14.8. The number of nitrogens with two attached hydrogens (primary N) is 1. The van der Waals surface area contributed by atoms with Crippen molar-refractivity contribution in [2.75, 3.05) is 31.9 Å². The summed E-state index contributed by atoms with van der Waals surface area (Å²) in [6.07, 6.45) is 5.86. The first-order chi connectivity index (χ1) is 21.0. The number of carbonyl (C=O) groups is 2. The molecule has 5 rings (SSSR count). The normalized spacial score (nSPS) is 37.8. The minimum atomic E-state index is -0.684. The van der Waals surface area contributed by atoms with E-state index in [-0.39, 0.29) is 40.7 Å². The van der Waals surface area contributed by atoms with Gasteiger partial charge >= 0.3 is 5.97 Å². The highest BCUT2D eigenvalue weighted by Gasteiger charge is 2.68. The lowest BCUT2D eigenvalue weighted by atomic mass is 9.44. The first kappa shape index (κ1) is 32.7. The van der Waals surface area contributed by atoms with E-state index in [0.717, 1.165) is 55.9 Å². The Morgan fingerprint density at radius 1 is 1.25 bits per heavy atom. The fourth-order valence-electron chi connectivity index (χ4n) is 8.66. The summed E-state index contributed by atoms with van der Waals surface area (Å²) in [4.78, 5) is 30.1. The molecule has 0 spiro atoms. The maximum atomic E-state index is 13.6. The Hall–Kier alpha value is -2.69. The van der Waals surface area contributed by atoms with Crippen LogP contribution in [0.2, 0.25) is 0 Å². The molecule has 10 heteroatoms. The van der Waals surface area contributed by atoms with Crippen molar-refractivity contribution in [2.24, 2.45) is 49.9 Å². The summed E-state index contributed by atoms with van der Waals surface area (Å²) in [5.41, 5.74) is 5.48. The highest BCUT2D eigenvalue weighted by atomic mass is 32.2. The number of Topliss-reactive ketones (excluding diaryl/α,β-unsaturated/α-hetero) is 1. The molecule has 1 aromatic carbocycles. The first-order valence-corrected chi connectivity index (χ1v) is 17.0. The lowest BCUT2D eigenvalue weighted by Crippen LogP contribution is -2.63. The van der Waals surface area contributed by atoms with Crippen LogP contribution in [0.1, 0.15) is 65.4 Å². The molecule has 1 heterocycles. The fourth-order valence-corrected chi connectivity index (χ4v) is 9.46. The number of hydrogen-bond donors (Lipinski definition) is 3. The van der Waals surface area contributed by atoms with Gasteiger partial charge in [0.05, 0.1) is 18.1 Å². The summed E-state index contributed by atoms with van der Waals surface area (Å²) >= 11 is 1.39. The second kappa shape index (κ2) is 13.0. The maximum Gasteiger partial charge on any atom is 0.316 e. The van der Waals surface area contributed by atoms with E-state index in [9.17, 15) is 14.7 Å². The molecule has 44 heavy (non-hydrogen) atoms. The van der Waals surface area contributed by atoms with Gasteiger partial charge in [0.1, 0.15) is 11.9 Å². The standard InChI is InChI=1S/C34H49N5O4S/c1-6-32(4)19-27(33(5)22(2)11-13-34(23(3)30(32)42)14-12-25(40)29(33)34)43-28(41)21-44-26-10-8-7-9-24(26)20-37-38-31(35)39-17-15-36-16-18-39/h6-10,20,22-23,27,29-30,36,42H,1,11-19,21H2,2-5H3,(H2,35,38)/t22?,23-,27+,29?,30-,32+,33-,34?/m0/s1. The lowest BCUT2D eigenvalue weighted by Gasteiger charge is -2.61. The SMILES string of the molecule is C=C[C@]1(C)C[C@@H](OC(=O)CSc2ccccc2C=NN=C(N)N2CCNCC2)[C@]2(C)C(C)CCC3(CCC(=O)C32)[C@@H](C)[C@@H]1O. The van der Waals surface area contributed by atoms with E-state index in [4.69, 9.17) is 10.5 Å². The van der Waals surface area contributed by atoms with Gasteiger partial charge in [0, 0.05) is 59.8 Å². The van der Waals surface area contributed by atoms with Gasteiger partial charge in [-0.05, 0) is 49.0 Å². The quantitative estimate of drug-likeness (QED) is 0.103. The predicted molar refractivity (Wildman–Crippen MR) is 175 cm³/mol. The van der Waals surface area contributed by atoms with Gasteiger partial charge in [-0.25, -0.2) is 0 Å². The Morgan fingerprint density at radius 3 is 2.70 bits per heavy atom. The summed E-state index contributed by atoms with van der Waals surface area (Å²) < 4.78 is 6.41. The van der Waals surface area contributed by atoms with Gasteiger partial charge < -0.3 is 25.8 Å². The van der Waals surface area contributed by atoms with Crippen LogP contribution in [0, 0.1) is 34.0 Å². The molecule has 2 bridgehead atoms. The average molecular weight is 624 g/mol. The van der Waals surface area contributed by atoms with Crippen LogP contribution >= 0.6 is 11.8 Å². The van der Waals surface area contributed by atoms with Gasteiger partial charge in [-0.1, -0.05) is 52.0 Å². The number of carbonyl (C=O) groups excluding carboxylic acids is 2. The van der Waals surface area contributed by atoms with E-state index in [1.165, 1.54) is 11.8 Å². The Labute approximate surface area is 266 Å². The van der Waals surface area contributed by atoms with E-state index in [0.29, 0.717) is 18.8 Å². The number of nitrogens with zero attached hydrogens (tertiary/aromatic N) is 3. The zero-order valence-corrected chi connectivity index (χ0v) is 27.4. The molecule has 0 aromatic heterocycles. The zero-order chi connectivity index (χ0) is 31.7. The van der Waals surface area contributed by atoms with Crippen molar-refractivity contribution >= 4 is 35.7 Å². The molecule has 4 aliphatic rings. The predicted octanol–water partition coefficient (Wildman–Crippen LogP) is 4.24. The van der Waals surface area contributed by atoms with Crippen molar-refractivity contribution in [3.05, 3.63) is 42.5 Å². The van der Waals surface area contributed by atoms with Crippen molar-refractivity contribution in [1.29, 1.82) is 0 Å². The molecule has 1 aliphatic heterocycles.